The first-order valence-corrected chi connectivity index (χ1v) is 6.80. The number of hydrogen-bond donors (Lipinski definition) is 2. The highest BCUT2D eigenvalue weighted by molar-refractivity contribution is 5.68. The summed E-state index contributed by atoms with van der Waals surface area (Å²) in [5, 5.41) is 2.97. The van der Waals surface area contributed by atoms with Crippen LogP contribution in [-0.2, 0) is 5.67 Å². The third kappa shape index (κ3) is 2.85. The van der Waals surface area contributed by atoms with E-state index in [1.54, 1.807) is 18.2 Å². The molecule has 1 aromatic heterocycles. The van der Waals surface area contributed by atoms with Crippen LogP contribution in [0.25, 0.3) is 0 Å². The van der Waals surface area contributed by atoms with Gasteiger partial charge in [0, 0.05) is 0 Å². The molecule has 0 amide bonds. The fourth-order valence-electron chi connectivity index (χ4n) is 2.01. The zero-order valence-corrected chi connectivity index (χ0v) is 12.3. The number of halogens is 1. The fourth-order valence-corrected chi connectivity index (χ4v) is 2.01. The lowest BCUT2D eigenvalue weighted by atomic mass is 10.1. The van der Waals surface area contributed by atoms with Gasteiger partial charge in [-0.3, -0.25) is 0 Å². The van der Waals surface area contributed by atoms with Gasteiger partial charge in [-0.05, 0) is 26.0 Å². The molecule has 2 heterocycles. The first kappa shape index (κ1) is 14.3. The molecule has 3 rings (SSSR count). The Labute approximate surface area is 126 Å². The fraction of sp³-hybridized carbons (Fsp3) is 0.357. The molecule has 3 N–H and O–H groups in total. The predicted octanol–water partition coefficient (Wildman–Crippen LogP) is 2.17. The highest BCUT2D eigenvalue weighted by atomic mass is 19.1. The minimum Gasteiger partial charge on any atom is -0.486 e. The van der Waals surface area contributed by atoms with Crippen LogP contribution >= 0.6 is 0 Å². The molecule has 1 aliphatic heterocycles. The van der Waals surface area contributed by atoms with Crippen LogP contribution in [0.3, 0.4) is 0 Å². The minimum absolute atomic E-state index is 0.0375. The van der Waals surface area contributed by atoms with Crippen molar-refractivity contribution < 1.29 is 13.9 Å². The smallest absolute Gasteiger partial charge is 0.232 e. The molecule has 0 spiro atoms. The van der Waals surface area contributed by atoms with Crippen LogP contribution < -0.4 is 20.5 Å². The Hall–Kier alpha value is -2.64. The molecule has 0 unspecified atom stereocenters. The Morgan fingerprint density at radius 3 is 2.73 bits per heavy atom. The van der Waals surface area contributed by atoms with Crippen LogP contribution in [0.2, 0.25) is 0 Å². The Balaban J connectivity index is 1.95. The lowest BCUT2D eigenvalue weighted by molar-refractivity contribution is 0.172. The number of rotatable bonds is 3. The first-order chi connectivity index (χ1) is 10.4. The second-order valence-electron chi connectivity index (χ2n) is 5.27. The second-order valence-corrected chi connectivity index (χ2v) is 5.27. The van der Waals surface area contributed by atoms with Gasteiger partial charge in [0.05, 0.1) is 5.69 Å². The van der Waals surface area contributed by atoms with E-state index in [-0.39, 0.29) is 17.7 Å². The molecular formula is C14H16FN5O2. The summed E-state index contributed by atoms with van der Waals surface area (Å²) in [5.74, 6) is 1.25. The number of benzene rings is 1. The highest BCUT2D eigenvalue weighted by Crippen LogP contribution is 2.38. The van der Waals surface area contributed by atoms with Crippen molar-refractivity contribution in [1.29, 1.82) is 0 Å². The maximum Gasteiger partial charge on any atom is 0.232 e. The van der Waals surface area contributed by atoms with Gasteiger partial charge < -0.3 is 20.5 Å². The van der Waals surface area contributed by atoms with Gasteiger partial charge >= 0.3 is 0 Å². The molecule has 22 heavy (non-hydrogen) atoms. The first-order valence-electron chi connectivity index (χ1n) is 6.80. The SMILES string of the molecule is CC(C)(F)c1nc(N)nc(Nc2cccc3c2OCCO3)n1. The Kier molecular flexibility index (Phi) is 3.44. The number of nitrogen functional groups attached to an aromatic ring is 1. The zero-order chi connectivity index (χ0) is 15.7. The molecule has 7 nitrogen and oxygen atoms in total. The van der Waals surface area contributed by atoms with Crippen LogP contribution in [0.4, 0.5) is 22.0 Å². The van der Waals surface area contributed by atoms with Crippen molar-refractivity contribution in [2.45, 2.75) is 19.5 Å². The molecule has 0 saturated carbocycles. The van der Waals surface area contributed by atoms with Crippen molar-refractivity contribution in [3.05, 3.63) is 24.0 Å². The Bertz CT molecular complexity index is 702. The van der Waals surface area contributed by atoms with E-state index in [1.807, 2.05) is 0 Å². The molecule has 116 valence electrons. The number of nitrogens with one attached hydrogen (secondary N) is 1. The zero-order valence-electron chi connectivity index (χ0n) is 12.3. The molecule has 0 radical (unpaired) electrons. The third-order valence-corrected chi connectivity index (χ3v) is 3.00. The van der Waals surface area contributed by atoms with E-state index in [1.165, 1.54) is 13.8 Å². The van der Waals surface area contributed by atoms with Crippen LogP contribution in [0, 0.1) is 0 Å². The summed E-state index contributed by atoms with van der Waals surface area (Å²) in [6, 6.07) is 5.39. The van der Waals surface area contributed by atoms with E-state index >= 15 is 0 Å². The molecule has 0 fully saturated rings. The summed E-state index contributed by atoms with van der Waals surface area (Å²) < 4.78 is 25.1. The largest absolute Gasteiger partial charge is 0.486 e. The number of aromatic nitrogens is 3. The van der Waals surface area contributed by atoms with Crippen LogP contribution in [-0.4, -0.2) is 28.2 Å². The summed E-state index contributed by atoms with van der Waals surface area (Å²) in [5.41, 5.74) is 4.52. The van der Waals surface area contributed by atoms with Gasteiger partial charge in [0.1, 0.15) is 13.2 Å². The molecule has 1 aliphatic rings. The standard InChI is InChI=1S/C14H16FN5O2/c1-14(2,15)11-18-12(16)20-13(19-11)17-8-4-3-5-9-10(8)22-7-6-21-9/h3-5H,6-7H2,1-2H3,(H3,16,17,18,19,20). The highest BCUT2D eigenvalue weighted by Gasteiger charge is 2.24. The number of fused-ring (bicyclic) bond motifs is 1. The number of ether oxygens (including phenoxy) is 2. The maximum absolute atomic E-state index is 14.0. The number of nitrogens with two attached hydrogens (primary N) is 1. The number of hydrogen-bond acceptors (Lipinski definition) is 7. The van der Waals surface area contributed by atoms with E-state index < -0.39 is 5.67 Å². The molecule has 1 aromatic carbocycles. The Morgan fingerprint density at radius 2 is 1.95 bits per heavy atom. The molecule has 0 atom stereocenters. The summed E-state index contributed by atoms with van der Waals surface area (Å²) in [6.45, 7) is 3.66. The average Bonchev–Trinajstić information content (AvgIpc) is 2.46. The van der Waals surface area contributed by atoms with Crippen LogP contribution in [0.5, 0.6) is 11.5 Å². The molecule has 0 aliphatic carbocycles. The van der Waals surface area contributed by atoms with E-state index in [4.69, 9.17) is 15.2 Å². The van der Waals surface area contributed by atoms with Gasteiger partial charge in [0.15, 0.2) is 23.0 Å². The average molecular weight is 305 g/mol. The van der Waals surface area contributed by atoms with Gasteiger partial charge in [-0.25, -0.2) is 4.39 Å². The summed E-state index contributed by atoms with van der Waals surface area (Å²) in [7, 11) is 0. The van der Waals surface area contributed by atoms with Gasteiger partial charge in [0.2, 0.25) is 11.9 Å². The van der Waals surface area contributed by atoms with Crippen LogP contribution in [0.1, 0.15) is 19.7 Å². The second kappa shape index (κ2) is 5.28. The lowest BCUT2D eigenvalue weighted by Crippen LogP contribution is -2.18. The topological polar surface area (TPSA) is 95.2 Å². The lowest BCUT2D eigenvalue weighted by Gasteiger charge is -2.21. The summed E-state index contributed by atoms with van der Waals surface area (Å²) in [6.07, 6.45) is 0. The molecule has 8 heteroatoms. The number of nitrogens with zero attached hydrogens (tertiary/aromatic N) is 3. The molecule has 0 bridgehead atoms. The number of para-hydroxylation sites is 1. The van der Waals surface area contributed by atoms with Crippen molar-refractivity contribution in [2.24, 2.45) is 0 Å². The summed E-state index contributed by atoms with van der Waals surface area (Å²) >= 11 is 0. The third-order valence-electron chi connectivity index (χ3n) is 3.00. The van der Waals surface area contributed by atoms with E-state index in [2.05, 4.69) is 20.3 Å². The van der Waals surface area contributed by atoms with Gasteiger partial charge in [0.25, 0.3) is 0 Å². The number of anilines is 3. The van der Waals surface area contributed by atoms with Gasteiger partial charge in [-0.2, -0.15) is 15.0 Å². The van der Waals surface area contributed by atoms with E-state index in [9.17, 15) is 4.39 Å². The quantitative estimate of drug-likeness (QED) is 0.897. The van der Waals surface area contributed by atoms with E-state index in [0.29, 0.717) is 30.4 Å². The monoisotopic (exact) mass is 305 g/mol. The maximum atomic E-state index is 14.0. The number of alkyl halides is 1. The van der Waals surface area contributed by atoms with Crippen molar-refractivity contribution in [3.8, 4) is 11.5 Å². The Morgan fingerprint density at radius 1 is 1.18 bits per heavy atom. The summed E-state index contributed by atoms with van der Waals surface area (Å²) in [4.78, 5) is 11.9. The van der Waals surface area contributed by atoms with Gasteiger partial charge in [-0.15, -0.1) is 0 Å². The van der Waals surface area contributed by atoms with Crippen molar-refractivity contribution in [1.82, 2.24) is 15.0 Å². The predicted molar refractivity (Wildman–Crippen MR) is 79.1 cm³/mol. The molecule has 0 saturated heterocycles. The van der Waals surface area contributed by atoms with E-state index in [0.717, 1.165) is 0 Å². The van der Waals surface area contributed by atoms with Gasteiger partial charge in [-0.1, -0.05) is 6.07 Å². The van der Waals surface area contributed by atoms with Crippen LogP contribution in [0.15, 0.2) is 18.2 Å². The molecule has 2 aromatic rings. The van der Waals surface area contributed by atoms with Crippen molar-refractivity contribution in [3.63, 3.8) is 0 Å². The molecular weight excluding hydrogens is 289 g/mol. The van der Waals surface area contributed by atoms with Crippen molar-refractivity contribution in [2.75, 3.05) is 24.3 Å². The normalized spacial score (nSPS) is 13.8. The minimum atomic E-state index is -1.72. The van der Waals surface area contributed by atoms with Crippen molar-refractivity contribution >= 4 is 17.6 Å².